The lowest BCUT2D eigenvalue weighted by molar-refractivity contribution is 0.102. The molecule has 0 heterocycles. The normalized spacial score (nSPS) is 10.2. The summed E-state index contributed by atoms with van der Waals surface area (Å²) in [5.41, 5.74) is 1.86. The summed E-state index contributed by atoms with van der Waals surface area (Å²) in [6.07, 6.45) is 0. The fraction of sp³-hybridized carbons (Fsp3) is 0.133. The number of carbonyl (C=O) groups is 1. The molecule has 1 N–H and O–H groups in total. The average Bonchev–Trinajstić information content (AvgIpc) is 2.43. The Balaban J connectivity index is 2.24. The maximum atomic E-state index is 13.2. The molecule has 20 heavy (non-hydrogen) atoms. The Morgan fingerprint density at radius 3 is 2.65 bits per heavy atom. The molecule has 2 rings (SSSR count). The van der Waals surface area contributed by atoms with E-state index in [1.165, 1.54) is 12.1 Å². The zero-order valence-corrected chi connectivity index (χ0v) is 12.7. The van der Waals surface area contributed by atoms with Gasteiger partial charge in [-0.25, -0.2) is 4.39 Å². The molecule has 3 nitrogen and oxygen atoms in total. The molecule has 0 aliphatic rings. The van der Waals surface area contributed by atoms with Crippen LogP contribution < -0.4 is 10.2 Å². The molecule has 0 aromatic heterocycles. The van der Waals surface area contributed by atoms with Crippen LogP contribution in [0.3, 0.4) is 0 Å². The molecular weight excluding hydrogens is 323 g/mol. The summed E-state index contributed by atoms with van der Waals surface area (Å²) in [4.78, 5) is 14.1. The number of nitrogens with one attached hydrogen (secondary N) is 1. The van der Waals surface area contributed by atoms with Gasteiger partial charge in [0.25, 0.3) is 5.91 Å². The van der Waals surface area contributed by atoms with Crippen molar-refractivity contribution >= 4 is 33.2 Å². The predicted octanol–water partition coefficient (Wildman–Crippen LogP) is 3.91. The topological polar surface area (TPSA) is 32.3 Å². The second kappa shape index (κ2) is 6.05. The van der Waals surface area contributed by atoms with Crippen LogP contribution in [0.15, 0.2) is 46.9 Å². The van der Waals surface area contributed by atoms with Gasteiger partial charge in [0.05, 0.1) is 5.69 Å². The molecule has 0 radical (unpaired) electrons. The van der Waals surface area contributed by atoms with E-state index in [1.54, 1.807) is 18.2 Å². The molecule has 0 saturated heterocycles. The highest BCUT2D eigenvalue weighted by Gasteiger charge is 2.10. The van der Waals surface area contributed by atoms with Gasteiger partial charge in [0.2, 0.25) is 0 Å². The van der Waals surface area contributed by atoms with Crippen LogP contribution in [-0.4, -0.2) is 20.0 Å². The number of anilines is 2. The van der Waals surface area contributed by atoms with Crippen LogP contribution in [0.25, 0.3) is 0 Å². The molecule has 0 atom stereocenters. The molecule has 5 heteroatoms. The van der Waals surface area contributed by atoms with Crippen molar-refractivity contribution in [1.29, 1.82) is 0 Å². The van der Waals surface area contributed by atoms with Crippen molar-refractivity contribution in [3.8, 4) is 0 Å². The standard InChI is InChI=1S/C15H14BrFN2O/c1-19(2)12-5-3-4-10(8-12)15(20)18-14-9-11(17)6-7-13(14)16/h3-9H,1-2H3,(H,18,20). The molecule has 104 valence electrons. The maximum Gasteiger partial charge on any atom is 0.255 e. The SMILES string of the molecule is CN(C)c1cccc(C(=O)Nc2cc(F)ccc2Br)c1. The van der Waals surface area contributed by atoms with E-state index in [0.717, 1.165) is 5.69 Å². The zero-order valence-electron chi connectivity index (χ0n) is 11.2. The molecule has 2 aromatic carbocycles. The van der Waals surface area contributed by atoms with Crippen LogP contribution >= 0.6 is 15.9 Å². The van der Waals surface area contributed by atoms with Gasteiger partial charge in [0, 0.05) is 29.8 Å². The number of amides is 1. The Labute approximate surface area is 125 Å². The number of benzene rings is 2. The van der Waals surface area contributed by atoms with Crippen LogP contribution in [0.4, 0.5) is 15.8 Å². The third kappa shape index (κ3) is 3.36. The number of hydrogen-bond donors (Lipinski definition) is 1. The highest BCUT2D eigenvalue weighted by Crippen LogP contribution is 2.24. The Morgan fingerprint density at radius 2 is 1.95 bits per heavy atom. The lowest BCUT2D eigenvalue weighted by Crippen LogP contribution is -2.14. The number of hydrogen-bond acceptors (Lipinski definition) is 2. The van der Waals surface area contributed by atoms with Gasteiger partial charge in [-0.05, 0) is 52.3 Å². The van der Waals surface area contributed by atoms with Gasteiger partial charge >= 0.3 is 0 Å². The van der Waals surface area contributed by atoms with Gasteiger partial charge in [-0.3, -0.25) is 4.79 Å². The van der Waals surface area contributed by atoms with Crippen molar-refractivity contribution in [2.45, 2.75) is 0 Å². The summed E-state index contributed by atoms with van der Waals surface area (Å²) in [5, 5.41) is 2.69. The van der Waals surface area contributed by atoms with E-state index in [9.17, 15) is 9.18 Å². The number of nitrogens with zero attached hydrogens (tertiary/aromatic N) is 1. The van der Waals surface area contributed by atoms with Crippen LogP contribution in [0.5, 0.6) is 0 Å². The molecule has 0 saturated carbocycles. The summed E-state index contributed by atoms with van der Waals surface area (Å²) in [6.45, 7) is 0. The van der Waals surface area contributed by atoms with E-state index in [1.807, 2.05) is 31.1 Å². The fourth-order valence-corrected chi connectivity index (χ4v) is 2.06. The molecular formula is C15H14BrFN2O. The number of carbonyl (C=O) groups excluding carboxylic acids is 1. The third-order valence-electron chi connectivity index (χ3n) is 2.80. The molecule has 0 bridgehead atoms. The summed E-state index contributed by atoms with van der Waals surface area (Å²) < 4.78 is 13.8. The van der Waals surface area contributed by atoms with E-state index < -0.39 is 5.82 Å². The third-order valence-corrected chi connectivity index (χ3v) is 3.49. The molecule has 0 aliphatic carbocycles. The lowest BCUT2D eigenvalue weighted by atomic mass is 10.1. The first-order chi connectivity index (χ1) is 9.47. The molecule has 1 amide bonds. The Hall–Kier alpha value is -1.88. The van der Waals surface area contributed by atoms with E-state index in [4.69, 9.17) is 0 Å². The highest BCUT2D eigenvalue weighted by atomic mass is 79.9. The van der Waals surface area contributed by atoms with Crippen LogP contribution in [0.1, 0.15) is 10.4 Å². The molecule has 0 fully saturated rings. The Kier molecular flexibility index (Phi) is 4.39. The lowest BCUT2D eigenvalue weighted by Gasteiger charge is -2.14. The van der Waals surface area contributed by atoms with Crippen molar-refractivity contribution in [2.75, 3.05) is 24.3 Å². The van der Waals surface area contributed by atoms with Gasteiger partial charge < -0.3 is 10.2 Å². The largest absolute Gasteiger partial charge is 0.378 e. The average molecular weight is 337 g/mol. The van der Waals surface area contributed by atoms with Crippen LogP contribution in [-0.2, 0) is 0 Å². The molecule has 0 unspecified atom stereocenters. The van der Waals surface area contributed by atoms with Gasteiger partial charge in [-0.15, -0.1) is 0 Å². The summed E-state index contributed by atoms with van der Waals surface area (Å²) in [5.74, 6) is -0.675. The quantitative estimate of drug-likeness (QED) is 0.921. The fourth-order valence-electron chi connectivity index (χ4n) is 1.71. The van der Waals surface area contributed by atoms with Crippen molar-refractivity contribution in [3.05, 3.63) is 58.3 Å². The van der Waals surface area contributed by atoms with Crippen molar-refractivity contribution in [1.82, 2.24) is 0 Å². The minimum Gasteiger partial charge on any atom is -0.378 e. The molecule has 2 aromatic rings. The smallest absolute Gasteiger partial charge is 0.255 e. The Bertz CT molecular complexity index is 644. The van der Waals surface area contributed by atoms with Crippen molar-refractivity contribution < 1.29 is 9.18 Å². The van der Waals surface area contributed by atoms with Gasteiger partial charge in [-0.1, -0.05) is 6.07 Å². The molecule has 0 aliphatic heterocycles. The zero-order chi connectivity index (χ0) is 14.7. The predicted molar refractivity (Wildman–Crippen MR) is 82.8 cm³/mol. The van der Waals surface area contributed by atoms with Gasteiger partial charge in [0.1, 0.15) is 5.82 Å². The summed E-state index contributed by atoms with van der Waals surface area (Å²) >= 11 is 3.28. The van der Waals surface area contributed by atoms with Gasteiger partial charge in [0.15, 0.2) is 0 Å². The second-order valence-corrected chi connectivity index (χ2v) is 5.38. The van der Waals surface area contributed by atoms with E-state index in [-0.39, 0.29) is 5.91 Å². The second-order valence-electron chi connectivity index (χ2n) is 4.52. The van der Waals surface area contributed by atoms with Crippen molar-refractivity contribution in [3.63, 3.8) is 0 Å². The van der Waals surface area contributed by atoms with Gasteiger partial charge in [-0.2, -0.15) is 0 Å². The van der Waals surface area contributed by atoms with E-state index in [2.05, 4.69) is 21.2 Å². The number of rotatable bonds is 3. The van der Waals surface area contributed by atoms with Crippen molar-refractivity contribution in [2.24, 2.45) is 0 Å². The Morgan fingerprint density at radius 1 is 1.20 bits per heavy atom. The first-order valence-corrected chi connectivity index (χ1v) is 6.80. The maximum absolute atomic E-state index is 13.2. The first kappa shape index (κ1) is 14.5. The summed E-state index contributed by atoms with van der Waals surface area (Å²) in [7, 11) is 3.81. The minimum atomic E-state index is -0.398. The number of halogens is 2. The first-order valence-electron chi connectivity index (χ1n) is 6.01. The van der Waals surface area contributed by atoms with Crippen LogP contribution in [0, 0.1) is 5.82 Å². The summed E-state index contributed by atoms with van der Waals surface area (Å²) in [6, 6.07) is 11.4. The molecule has 0 spiro atoms. The van der Waals surface area contributed by atoms with Crippen LogP contribution in [0.2, 0.25) is 0 Å². The monoisotopic (exact) mass is 336 g/mol. The van der Waals surface area contributed by atoms with E-state index >= 15 is 0 Å². The highest BCUT2D eigenvalue weighted by molar-refractivity contribution is 9.10. The van der Waals surface area contributed by atoms with E-state index in [0.29, 0.717) is 15.7 Å². The minimum absolute atomic E-state index is 0.278.